The van der Waals surface area contributed by atoms with Crippen LogP contribution in [0.2, 0.25) is 5.02 Å². The number of carbonyl (C=O) groups is 1. The molecule has 0 bridgehead atoms. The average molecular weight is 353 g/mol. The van der Waals surface area contributed by atoms with Gasteiger partial charge in [0, 0.05) is 30.1 Å². The van der Waals surface area contributed by atoms with E-state index in [-0.39, 0.29) is 11.3 Å². The number of carbonyl (C=O) groups excluding carboxylic acids is 1. The third kappa shape index (κ3) is 5.76. The van der Waals surface area contributed by atoms with Gasteiger partial charge in [-0.3, -0.25) is 4.79 Å². The van der Waals surface area contributed by atoms with Crippen molar-refractivity contribution < 1.29 is 9.90 Å². The lowest BCUT2D eigenvalue weighted by Gasteiger charge is -2.25. The highest BCUT2D eigenvalue weighted by molar-refractivity contribution is 6.30. The fourth-order valence-corrected chi connectivity index (χ4v) is 3.33. The molecule has 2 N–H and O–H groups in total. The fraction of sp³-hybridized carbons (Fsp3) is 0.632. The van der Waals surface area contributed by atoms with Crippen molar-refractivity contribution in [2.24, 2.45) is 11.3 Å². The lowest BCUT2D eigenvalue weighted by Crippen LogP contribution is -2.39. The first-order valence-corrected chi connectivity index (χ1v) is 9.06. The van der Waals surface area contributed by atoms with Crippen LogP contribution in [0.15, 0.2) is 24.3 Å². The van der Waals surface area contributed by atoms with Gasteiger partial charge in [0.1, 0.15) is 0 Å². The minimum atomic E-state index is -0.433. The largest absolute Gasteiger partial charge is 0.391 e. The Morgan fingerprint density at radius 2 is 2.21 bits per heavy atom. The molecule has 1 amide bonds. The number of rotatable bonds is 6. The quantitative estimate of drug-likeness (QED) is 0.827. The van der Waals surface area contributed by atoms with E-state index in [1.807, 2.05) is 49.9 Å². The summed E-state index contributed by atoms with van der Waals surface area (Å²) in [4.78, 5) is 14.2. The minimum absolute atomic E-state index is 0.228. The second kappa shape index (κ2) is 8.32. The molecule has 0 radical (unpaired) electrons. The highest BCUT2D eigenvalue weighted by Gasteiger charge is 2.32. The van der Waals surface area contributed by atoms with Crippen molar-refractivity contribution in [3.63, 3.8) is 0 Å². The van der Waals surface area contributed by atoms with Crippen LogP contribution in [0.3, 0.4) is 0 Å². The van der Waals surface area contributed by atoms with E-state index in [4.69, 9.17) is 11.6 Å². The number of hydrogen-bond donors (Lipinski definition) is 2. The highest BCUT2D eigenvalue weighted by Crippen LogP contribution is 2.23. The summed E-state index contributed by atoms with van der Waals surface area (Å²) in [5.41, 5.74) is 0.731. The lowest BCUT2D eigenvalue weighted by molar-refractivity contribution is -0.138. The first kappa shape index (κ1) is 19.2. The zero-order valence-electron chi connectivity index (χ0n) is 14.9. The Kier molecular flexibility index (Phi) is 6.67. The number of aliphatic hydroxyl groups excluding tert-OH is 1. The monoisotopic (exact) mass is 352 g/mol. The SMILES string of the molecule is CC(C)(C)C(=O)N1CCC(CNCC(O)Cc2cccc(Cl)c2)C1. The number of nitrogens with one attached hydrogen (secondary N) is 1. The Balaban J connectivity index is 1.68. The smallest absolute Gasteiger partial charge is 0.227 e. The molecular weight excluding hydrogens is 324 g/mol. The van der Waals surface area contributed by atoms with E-state index < -0.39 is 6.10 Å². The van der Waals surface area contributed by atoms with Gasteiger partial charge in [0.05, 0.1) is 6.10 Å². The van der Waals surface area contributed by atoms with Crippen LogP contribution in [0.4, 0.5) is 0 Å². The molecular formula is C19H29ClN2O2. The van der Waals surface area contributed by atoms with Gasteiger partial charge in [-0.2, -0.15) is 0 Å². The van der Waals surface area contributed by atoms with E-state index in [1.165, 1.54) is 0 Å². The van der Waals surface area contributed by atoms with Crippen molar-refractivity contribution in [1.82, 2.24) is 10.2 Å². The summed E-state index contributed by atoms with van der Waals surface area (Å²) >= 11 is 5.96. The number of amides is 1. The molecule has 24 heavy (non-hydrogen) atoms. The zero-order valence-corrected chi connectivity index (χ0v) is 15.6. The summed E-state index contributed by atoms with van der Waals surface area (Å²) in [6.45, 7) is 8.94. The lowest BCUT2D eigenvalue weighted by atomic mass is 9.95. The van der Waals surface area contributed by atoms with Crippen LogP contribution in [0.1, 0.15) is 32.8 Å². The molecule has 2 atom stereocenters. The first-order valence-electron chi connectivity index (χ1n) is 8.68. The summed E-state index contributed by atoms with van der Waals surface area (Å²) in [5, 5.41) is 14.2. The summed E-state index contributed by atoms with van der Waals surface area (Å²) in [7, 11) is 0. The molecule has 4 nitrogen and oxygen atoms in total. The molecule has 2 rings (SSSR count). The molecule has 0 saturated carbocycles. The van der Waals surface area contributed by atoms with Gasteiger partial charge in [0.25, 0.3) is 0 Å². The predicted molar refractivity (Wildman–Crippen MR) is 98.2 cm³/mol. The van der Waals surface area contributed by atoms with Crippen molar-refractivity contribution in [3.8, 4) is 0 Å². The maximum atomic E-state index is 12.3. The van der Waals surface area contributed by atoms with E-state index in [0.717, 1.165) is 31.6 Å². The number of benzene rings is 1. The van der Waals surface area contributed by atoms with Gasteiger partial charge in [0.15, 0.2) is 0 Å². The van der Waals surface area contributed by atoms with Gasteiger partial charge in [-0.25, -0.2) is 0 Å². The van der Waals surface area contributed by atoms with E-state index in [9.17, 15) is 9.90 Å². The standard InChI is InChI=1S/C19H29ClN2O2/c1-19(2,3)18(24)22-8-7-15(13-22)11-21-12-17(23)10-14-5-4-6-16(20)9-14/h4-6,9,15,17,21,23H,7-8,10-13H2,1-3H3. The molecule has 1 aliphatic heterocycles. The first-order chi connectivity index (χ1) is 11.3. The topological polar surface area (TPSA) is 52.6 Å². The summed E-state index contributed by atoms with van der Waals surface area (Å²) in [5.74, 6) is 0.695. The normalized spacial score (nSPS) is 19.5. The molecule has 1 aromatic carbocycles. The van der Waals surface area contributed by atoms with Crippen LogP contribution in [0.25, 0.3) is 0 Å². The van der Waals surface area contributed by atoms with Crippen molar-refractivity contribution in [3.05, 3.63) is 34.9 Å². The number of hydrogen-bond acceptors (Lipinski definition) is 3. The molecule has 1 saturated heterocycles. The van der Waals surface area contributed by atoms with Crippen molar-refractivity contribution >= 4 is 17.5 Å². The second-order valence-corrected chi connectivity index (χ2v) is 8.24. The number of aliphatic hydroxyl groups is 1. The van der Waals surface area contributed by atoms with Crippen molar-refractivity contribution in [1.29, 1.82) is 0 Å². The zero-order chi connectivity index (χ0) is 17.7. The van der Waals surface area contributed by atoms with Gasteiger partial charge < -0.3 is 15.3 Å². The van der Waals surface area contributed by atoms with E-state index >= 15 is 0 Å². The van der Waals surface area contributed by atoms with Crippen LogP contribution >= 0.6 is 11.6 Å². The maximum Gasteiger partial charge on any atom is 0.227 e. The Morgan fingerprint density at radius 1 is 1.46 bits per heavy atom. The Bertz CT molecular complexity index is 557. The Hall–Kier alpha value is -1.10. The van der Waals surface area contributed by atoms with Gasteiger partial charge in [-0.15, -0.1) is 0 Å². The molecule has 1 aromatic rings. The van der Waals surface area contributed by atoms with Crippen LogP contribution in [-0.2, 0) is 11.2 Å². The fourth-order valence-electron chi connectivity index (χ4n) is 3.12. The molecule has 1 fully saturated rings. The third-order valence-corrected chi connectivity index (χ3v) is 4.62. The van der Waals surface area contributed by atoms with Gasteiger partial charge >= 0.3 is 0 Å². The summed E-state index contributed by atoms with van der Waals surface area (Å²) < 4.78 is 0. The maximum absolute atomic E-state index is 12.3. The van der Waals surface area contributed by atoms with Crippen LogP contribution in [-0.4, -0.2) is 48.2 Å². The van der Waals surface area contributed by atoms with Crippen LogP contribution in [0.5, 0.6) is 0 Å². The molecule has 0 aromatic heterocycles. The average Bonchev–Trinajstić information content (AvgIpc) is 2.94. The van der Waals surface area contributed by atoms with Gasteiger partial charge in [-0.05, 0) is 43.0 Å². The van der Waals surface area contributed by atoms with Gasteiger partial charge in [0.2, 0.25) is 5.91 Å². The second-order valence-electron chi connectivity index (χ2n) is 7.80. The van der Waals surface area contributed by atoms with Crippen LogP contribution in [0, 0.1) is 11.3 Å². The number of nitrogens with zero attached hydrogens (tertiary/aromatic N) is 1. The molecule has 0 spiro atoms. The molecule has 1 aliphatic rings. The molecule has 1 heterocycles. The van der Waals surface area contributed by atoms with E-state index in [2.05, 4.69) is 5.32 Å². The Morgan fingerprint density at radius 3 is 2.88 bits per heavy atom. The number of halogens is 1. The van der Waals surface area contributed by atoms with E-state index in [1.54, 1.807) is 0 Å². The van der Waals surface area contributed by atoms with E-state index in [0.29, 0.717) is 23.9 Å². The minimum Gasteiger partial charge on any atom is -0.391 e. The Labute approximate surface area is 150 Å². The van der Waals surface area contributed by atoms with Crippen molar-refractivity contribution in [2.75, 3.05) is 26.2 Å². The molecule has 0 aliphatic carbocycles. The highest BCUT2D eigenvalue weighted by atomic mass is 35.5. The summed E-state index contributed by atoms with van der Waals surface area (Å²) in [6.07, 6.45) is 1.18. The van der Waals surface area contributed by atoms with Crippen molar-refractivity contribution in [2.45, 2.75) is 39.7 Å². The van der Waals surface area contributed by atoms with Crippen LogP contribution < -0.4 is 5.32 Å². The van der Waals surface area contributed by atoms with Gasteiger partial charge in [-0.1, -0.05) is 44.5 Å². The number of likely N-dealkylation sites (tertiary alicyclic amines) is 1. The predicted octanol–water partition coefficient (Wildman–Crippen LogP) is 2.73. The third-order valence-electron chi connectivity index (χ3n) is 4.39. The molecule has 134 valence electrons. The molecule has 5 heteroatoms. The molecule has 2 unspecified atom stereocenters. The summed E-state index contributed by atoms with van der Waals surface area (Å²) in [6, 6.07) is 7.59.